The summed E-state index contributed by atoms with van der Waals surface area (Å²) in [5.74, 6) is 0. The molecular weight excluding hydrogens is 136 g/mol. The average Bonchev–Trinajstić information content (AvgIpc) is 1.98. The molecular formula is C6H9ClSi. The lowest BCUT2D eigenvalue weighted by atomic mass is 10.5. The van der Waals surface area contributed by atoms with Crippen molar-refractivity contribution in [1.82, 2.24) is 0 Å². The van der Waals surface area contributed by atoms with Gasteiger partial charge < -0.3 is 0 Å². The molecule has 0 amide bonds. The molecule has 0 nitrogen and oxygen atoms in total. The lowest BCUT2D eigenvalue weighted by Crippen LogP contribution is -2.00. The highest BCUT2D eigenvalue weighted by Crippen LogP contribution is 2.20. The maximum absolute atomic E-state index is 5.79. The maximum Gasteiger partial charge on any atom is 0.0875 e. The number of allylic oxidation sites excluding steroid dienone is 3. The van der Waals surface area contributed by atoms with Gasteiger partial charge in [-0.25, -0.2) is 0 Å². The van der Waals surface area contributed by atoms with Gasteiger partial charge in [0.1, 0.15) is 0 Å². The molecule has 0 aromatic heterocycles. The molecule has 0 saturated carbocycles. The molecule has 0 saturated heterocycles. The molecule has 0 radical (unpaired) electrons. The SMILES string of the molecule is CC1=C(Cl)C=C[SiH]1C. The second kappa shape index (κ2) is 2.07. The third-order valence-corrected chi connectivity index (χ3v) is 4.64. The normalized spacial score (nSPS) is 27.6. The summed E-state index contributed by atoms with van der Waals surface area (Å²) in [6, 6.07) is 0. The van der Waals surface area contributed by atoms with Gasteiger partial charge in [-0.05, 0) is 6.92 Å². The largest absolute Gasteiger partial charge is 0.0920 e. The lowest BCUT2D eigenvalue weighted by Gasteiger charge is -1.96. The minimum absolute atomic E-state index is 0.634. The van der Waals surface area contributed by atoms with Gasteiger partial charge in [-0.2, -0.15) is 0 Å². The molecule has 2 heteroatoms. The first-order chi connectivity index (χ1) is 3.72. The zero-order chi connectivity index (χ0) is 6.15. The van der Waals surface area contributed by atoms with Crippen LogP contribution in [0.3, 0.4) is 0 Å². The van der Waals surface area contributed by atoms with Crippen LogP contribution in [0.4, 0.5) is 0 Å². The predicted molar refractivity (Wildman–Crippen MR) is 40.7 cm³/mol. The van der Waals surface area contributed by atoms with Gasteiger partial charge in [-0.3, -0.25) is 0 Å². The van der Waals surface area contributed by atoms with Gasteiger partial charge in [0.15, 0.2) is 0 Å². The fraction of sp³-hybridized carbons (Fsp3) is 0.333. The topological polar surface area (TPSA) is 0 Å². The van der Waals surface area contributed by atoms with E-state index in [1.807, 2.05) is 6.08 Å². The third-order valence-electron chi connectivity index (χ3n) is 1.59. The Labute approximate surface area is 56.5 Å². The van der Waals surface area contributed by atoms with Crippen molar-refractivity contribution in [2.24, 2.45) is 0 Å². The van der Waals surface area contributed by atoms with Gasteiger partial charge >= 0.3 is 0 Å². The quantitative estimate of drug-likeness (QED) is 0.457. The summed E-state index contributed by atoms with van der Waals surface area (Å²) in [5, 5.41) is 2.40. The zero-order valence-corrected chi connectivity index (χ0v) is 7.02. The van der Waals surface area contributed by atoms with Crippen LogP contribution >= 0.6 is 11.6 Å². The Bertz CT molecular complexity index is 158. The van der Waals surface area contributed by atoms with Crippen LogP contribution in [0.1, 0.15) is 6.92 Å². The molecule has 1 atom stereocenters. The summed E-state index contributed by atoms with van der Waals surface area (Å²) in [6.45, 7) is 4.40. The number of hydrogen-bond donors (Lipinski definition) is 0. The van der Waals surface area contributed by atoms with Crippen molar-refractivity contribution < 1.29 is 0 Å². The van der Waals surface area contributed by atoms with Crippen molar-refractivity contribution >= 4 is 20.4 Å². The van der Waals surface area contributed by atoms with E-state index in [0.29, 0.717) is 0 Å². The highest BCUT2D eigenvalue weighted by atomic mass is 35.5. The summed E-state index contributed by atoms with van der Waals surface area (Å²) in [6.07, 6.45) is 2.02. The fourth-order valence-electron chi connectivity index (χ4n) is 0.722. The lowest BCUT2D eigenvalue weighted by molar-refractivity contribution is 1.62. The Kier molecular flexibility index (Phi) is 1.59. The first-order valence-corrected chi connectivity index (χ1v) is 5.54. The van der Waals surface area contributed by atoms with Gasteiger partial charge in [-0.1, -0.05) is 35.1 Å². The average molecular weight is 145 g/mol. The summed E-state index contributed by atoms with van der Waals surface area (Å²) >= 11 is 5.79. The molecule has 8 heavy (non-hydrogen) atoms. The molecule has 0 bridgehead atoms. The van der Waals surface area contributed by atoms with Crippen molar-refractivity contribution in [3.63, 3.8) is 0 Å². The first-order valence-electron chi connectivity index (χ1n) is 2.76. The molecule has 0 fully saturated rings. The Balaban J connectivity index is 2.85. The summed E-state index contributed by atoms with van der Waals surface area (Å²) < 4.78 is 0. The molecule has 0 spiro atoms. The highest BCUT2D eigenvalue weighted by Gasteiger charge is 2.10. The molecule has 0 N–H and O–H groups in total. The van der Waals surface area contributed by atoms with E-state index in [4.69, 9.17) is 11.6 Å². The minimum atomic E-state index is -0.634. The van der Waals surface area contributed by atoms with Crippen LogP contribution < -0.4 is 0 Å². The van der Waals surface area contributed by atoms with E-state index in [0.717, 1.165) is 5.03 Å². The van der Waals surface area contributed by atoms with E-state index in [1.165, 1.54) is 5.20 Å². The zero-order valence-electron chi connectivity index (χ0n) is 5.11. The molecule has 1 aliphatic rings. The highest BCUT2D eigenvalue weighted by molar-refractivity contribution is 6.73. The van der Waals surface area contributed by atoms with E-state index < -0.39 is 8.80 Å². The van der Waals surface area contributed by atoms with Crippen LogP contribution in [0.5, 0.6) is 0 Å². The van der Waals surface area contributed by atoms with Crippen LogP contribution in [0.2, 0.25) is 6.55 Å². The number of halogens is 1. The van der Waals surface area contributed by atoms with Gasteiger partial charge in [0.2, 0.25) is 0 Å². The Morgan fingerprint density at radius 2 is 2.25 bits per heavy atom. The second-order valence-corrected chi connectivity index (χ2v) is 5.41. The smallest absolute Gasteiger partial charge is 0.0875 e. The monoisotopic (exact) mass is 144 g/mol. The minimum Gasteiger partial charge on any atom is -0.0920 e. The predicted octanol–water partition coefficient (Wildman–Crippen LogP) is 2.00. The Hall–Kier alpha value is -0.0131. The van der Waals surface area contributed by atoms with E-state index in [1.54, 1.807) is 0 Å². The van der Waals surface area contributed by atoms with Crippen LogP contribution in [0, 0.1) is 0 Å². The molecule has 1 heterocycles. The van der Waals surface area contributed by atoms with Crippen molar-refractivity contribution in [2.75, 3.05) is 0 Å². The second-order valence-electron chi connectivity index (χ2n) is 2.18. The first kappa shape index (κ1) is 6.11. The van der Waals surface area contributed by atoms with Crippen LogP contribution in [0.25, 0.3) is 0 Å². The molecule has 1 unspecified atom stereocenters. The van der Waals surface area contributed by atoms with Crippen LogP contribution in [-0.2, 0) is 0 Å². The van der Waals surface area contributed by atoms with Crippen molar-refractivity contribution in [3.05, 3.63) is 22.0 Å². The van der Waals surface area contributed by atoms with E-state index in [2.05, 4.69) is 19.2 Å². The maximum atomic E-state index is 5.79. The van der Waals surface area contributed by atoms with Crippen molar-refractivity contribution in [2.45, 2.75) is 13.5 Å². The molecule has 0 aromatic carbocycles. The summed E-state index contributed by atoms with van der Waals surface area (Å²) in [5.41, 5.74) is 2.25. The van der Waals surface area contributed by atoms with E-state index >= 15 is 0 Å². The summed E-state index contributed by atoms with van der Waals surface area (Å²) in [4.78, 5) is 0. The van der Waals surface area contributed by atoms with E-state index in [9.17, 15) is 0 Å². The van der Waals surface area contributed by atoms with Gasteiger partial charge in [0.25, 0.3) is 0 Å². The van der Waals surface area contributed by atoms with Crippen molar-refractivity contribution in [1.29, 1.82) is 0 Å². The molecule has 1 rings (SSSR count). The molecule has 1 aliphatic heterocycles. The molecule has 44 valence electrons. The number of rotatable bonds is 0. The Morgan fingerprint density at radius 3 is 2.38 bits per heavy atom. The van der Waals surface area contributed by atoms with Gasteiger partial charge in [0, 0.05) is 5.03 Å². The molecule has 0 aromatic rings. The summed E-state index contributed by atoms with van der Waals surface area (Å²) in [7, 11) is -0.634. The van der Waals surface area contributed by atoms with Gasteiger partial charge in [-0.15, -0.1) is 0 Å². The van der Waals surface area contributed by atoms with Crippen molar-refractivity contribution in [3.8, 4) is 0 Å². The Morgan fingerprint density at radius 1 is 1.62 bits per heavy atom. The fourth-order valence-corrected chi connectivity index (χ4v) is 2.73. The van der Waals surface area contributed by atoms with E-state index in [-0.39, 0.29) is 0 Å². The third kappa shape index (κ3) is 0.883. The standard InChI is InChI=1S/C6H9ClSi/c1-5-6(7)3-4-8(5)2/h3-4,8H,1-2H3. The van der Waals surface area contributed by atoms with Crippen LogP contribution in [-0.4, -0.2) is 8.80 Å². The van der Waals surface area contributed by atoms with Crippen LogP contribution in [0.15, 0.2) is 22.0 Å². The molecule has 0 aliphatic carbocycles. The number of hydrogen-bond acceptors (Lipinski definition) is 0. The van der Waals surface area contributed by atoms with Gasteiger partial charge in [0.05, 0.1) is 8.80 Å².